The molecule has 0 bridgehead atoms. The lowest BCUT2D eigenvalue weighted by molar-refractivity contribution is -0.127. The molecule has 7 nitrogen and oxygen atoms in total. The lowest BCUT2D eigenvalue weighted by Crippen LogP contribution is -2.50. The van der Waals surface area contributed by atoms with Crippen molar-refractivity contribution in [2.45, 2.75) is 32.6 Å². The summed E-state index contributed by atoms with van der Waals surface area (Å²) in [4.78, 5) is 14.6. The molecule has 0 unspecified atom stereocenters. The van der Waals surface area contributed by atoms with Crippen LogP contribution in [-0.4, -0.2) is 59.5 Å². The molecule has 2 heterocycles. The van der Waals surface area contributed by atoms with E-state index < -0.39 is 10.0 Å². The summed E-state index contributed by atoms with van der Waals surface area (Å²) < 4.78 is 29.2. The molecule has 1 fully saturated rings. The van der Waals surface area contributed by atoms with Crippen molar-refractivity contribution in [3.63, 3.8) is 0 Å². The summed E-state index contributed by atoms with van der Waals surface area (Å²) in [6, 6.07) is 5.35. The number of carbonyl (C=O) groups excluding carboxylic acids is 1. The normalized spacial score (nSPS) is 16.0. The zero-order valence-corrected chi connectivity index (χ0v) is 18.5. The maximum Gasteiger partial charge on any atom is 0.246 e. The first-order valence-corrected chi connectivity index (χ1v) is 11.1. The van der Waals surface area contributed by atoms with Crippen molar-refractivity contribution >= 4 is 22.0 Å². The molecule has 0 N–H and O–H groups in total. The molecule has 1 amide bonds. The molecule has 0 radical (unpaired) electrons. The quantitative estimate of drug-likeness (QED) is 0.716. The summed E-state index contributed by atoms with van der Waals surface area (Å²) in [5.41, 5.74) is 4.59. The average Bonchev–Trinajstić information content (AvgIpc) is 2.91. The van der Waals surface area contributed by atoms with Gasteiger partial charge in [0.1, 0.15) is 0 Å². The molecule has 1 saturated heterocycles. The number of aryl methyl sites for hydroxylation is 4. The Morgan fingerprint density at radius 1 is 1.07 bits per heavy atom. The van der Waals surface area contributed by atoms with E-state index in [0.717, 1.165) is 28.1 Å². The van der Waals surface area contributed by atoms with Crippen LogP contribution in [0.1, 0.15) is 28.1 Å². The van der Waals surface area contributed by atoms with Crippen LogP contribution in [0.2, 0.25) is 0 Å². The fourth-order valence-corrected chi connectivity index (χ4v) is 5.30. The number of sulfonamides is 1. The SMILES string of the molecule is Cc1ccc(S(=O)(=O)N2CCN(C(=O)C=Cc3c(C)nn(C)c3C)CC2)c(C)c1. The van der Waals surface area contributed by atoms with Gasteiger partial charge in [-0.05, 0) is 45.4 Å². The number of carbonyl (C=O) groups is 1. The predicted molar refractivity (Wildman–Crippen MR) is 113 cm³/mol. The standard InChI is InChI=1S/C21H28N4O3S/c1-15-6-8-20(16(2)14-15)29(27,28)25-12-10-24(11-13-25)21(26)9-7-19-17(3)22-23(5)18(19)4/h6-9,14H,10-13H2,1-5H3. The Morgan fingerprint density at radius 3 is 2.28 bits per heavy atom. The van der Waals surface area contributed by atoms with Crippen LogP contribution in [0, 0.1) is 27.7 Å². The van der Waals surface area contributed by atoms with Crippen LogP contribution in [0.4, 0.5) is 0 Å². The van der Waals surface area contributed by atoms with Crippen molar-refractivity contribution in [3.8, 4) is 0 Å². The average molecular weight is 417 g/mol. The highest BCUT2D eigenvalue weighted by atomic mass is 32.2. The van der Waals surface area contributed by atoms with E-state index in [0.29, 0.717) is 31.1 Å². The smallest absolute Gasteiger partial charge is 0.246 e. The molecule has 2 aromatic rings. The number of amides is 1. The van der Waals surface area contributed by atoms with Gasteiger partial charge >= 0.3 is 0 Å². The molecule has 0 saturated carbocycles. The van der Waals surface area contributed by atoms with E-state index in [1.165, 1.54) is 4.31 Å². The molecule has 1 aromatic heterocycles. The van der Waals surface area contributed by atoms with E-state index in [-0.39, 0.29) is 5.91 Å². The van der Waals surface area contributed by atoms with E-state index in [4.69, 9.17) is 0 Å². The van der Waals surface area contributed by atoms with Crippen molar-refractivity contribution in [2.24, 2.45) is 7.05 Å². The van der Waals surface area contributed by atoms with Crippen molar-refractivity contribution in [2.75, 3.05) is 26.2 Å². The van der Waals surface area contributed by atoms with Gasteiger partial charge in [-0.15, -0.1) is 0 Å². The number of benzene rings is 1. The Bertz CT molecular complexity index is 1060. The largest absolute Gasteiger partial charge is 0.337 e. The molecule has 0 atom stereocenters. The molecular formula is C21H28N4O3S. The summed E-state index contributed by atoms with van der Waals surface area (Å²) in [7, 11) is -1.68. The number of piperazine rings is 1. The topological polar surface area (TPSA) is 75.5 Å². The second-order valence-corrected chi connectivity index (χ2v) is 9.45. The van der Waals surface area contributed by atoms with Crippen molar-refractivity contribution in [1.29, 1.82) is 0 Å². The first kappa shape index (κ1) is 21.3. The Balaban J connectivity index is 1.67. The highest BCUT2D eigenvalue weighted by Gasteiger charge is 2.30. The number of nitrogens with zero attached hydrogens (tertiary/aromatic N) is 4. The van der Waals surface area contributed by atoms with Gasteiger partial charge in [-0.25, -0.2) is 8.42 Å². The molecule has 1 aliphatic heterocycles. The Kier molecular flexibility index (Phi) is 5.95. The minimum Gasteiger partial charge on any atom is -0.337 e. The van der Waals surface area contributed by atoms with Crippen LogP contribution in [0.5, 0.6) is 0 Å². The van der Waals surface area contributed by atoms with Gasteiger partial charge in [-0.1, -0.05) is 17.7 Å². The third kappa shape index (κ3) is 4.28. The first-order valence-electron chi connectivity index (χ1n) is 9.66. The van der Waals surface area contributed by atoms with E-state index in [2.05, 4.69) is 5.10 Å². The third-order valence-corrected chi connectivity index (χ3v) is 7.51. The van der Waals surface area contributed by atoms with E-state index in [1.807, 2.05) is 46.9 Å². The zero-order valence-electron chi connectivity index (χ0n) is 17.6. The van der Waals surface area contributed by atoms with Gasteiger partial charge in [-0.3, -0.25) is 9.48 Å². The second-order valence-electron chi connectivity index (χ2n) is 7.54. The summed E-state index contributed by atoms with van der Waals surface area (Å²) in [5, 5.41) is 4.35. The maximum atomic E-state index is 13.0. The van der Waals surface area contributed by atoms with Gasteiger partial charge in [0.25, 0.3) is 0 Å². The number of hydrogen-bond donors (Lipinski definition) is 0. The molecule has 29 heavy (non-hydrogen) atoms. The van der Waals surface area contributed by atoms with Crippen molar-refractivity contribution in [3.05, 3.63) is 52.4 Å². The molecular weight excluding hydrogens is 388 g/mol. The van der Waals surface area contributed by atoms with Gasteiger partial charge in [0.2, 0.25) is 15.9 Å². The number of rotatable bonds is 4. The highest BCUT2D eigenvalue weighted by molar-refractivity contribution is 7.89. The zero-order chi connectivity index (χ0) is 21.3. The van der Waals surface area contributed by atoms with Crippen molar-refractivity contribution in [1.82, 2.24) is 19.0 Å². The third-order valence-electron chi connectivity index (χ3n) is 5.46. The van der Waals surface area contributed by atoms with E-state index in [9.17, 15) is 13.2 Å². The second kappa shape index (κ2) is 8.12. The minimum absolute atomic E-state index is 0.115. The van der Waals surface area contributed by atoms with E-state index >= 15 is 0 Å². The van der Waals surface area contributed by atoms with Crippen LogP contribution in [0.25, 0.3) is 6.08 Å². The first-order chi connectivity index (χ1) is 13.6. The molecule has 3 rings (SSSR count). The van der Waals surface area contributed by atoms with Gasteiger partial charge in [0, 0.05) is 50.6 Å². The minimum atomic E-state index is -3.56. The number of aromatic nitrogens is 2. The van der Waals surface area contributed by atoms with Gasteiger partial charge in [-0.2, -0.15) is 9.40 Å². The van der Waals surface area contributed by atoms with Crippen LogP contribution < -0.4 is 0 Å². The predicted octanol–water partition coefficient (Wildman–Crippen LogP) is 2.20. The highest BCUT2D eigenvalue weighted by Crippen LogP contribution is 2.22. The summed E-state index contributed by atoms with van der Waals surface area (Å²) in [5.74, 6) is -0.115. The van der Waals surface area contributed by atoms with Crippen LogP contribution in [0.15, 0.2) is 29.2 Å². The Hall–Kier alpha value is -2.45. The fourth-order valence-electron chi connectivity index (χ4n) is 3.67. The molecule has 0 spiro atoms. The lowest BCUT2D eigenvalue weighted by Gasteiger charge is -2.33. The molecule has 0 aliphatic carbocycles. The maximum absolute atomic E-state index is 13.0. The monoisotopic (exact) mass is 416 g/mol. The van der Waals surface area contributed by atoms with Gasteiger partial charge in [0.15, 0.2) is 0 Å². The van der Waals surface area contributed by atoms with Crippen molar-refractivity contribution < 1.29 is 13.2 Å². The Morgan fingerprint density at radius 2 is 1.72 bits per heavy atom. The fraction of sp³-hybridized carbons (Fsp3) is 0.429. The molecule has 1 aromatic carbocycles. The molecule has 8 heteroatoms. The Labute approximate surface area is 172 Å². The van der Waals surface area contributed by atoms with E-state index in [1.54, 1.807) is 27.8 Å². The summed E-state index contributed by atoms with van der Waals surface area (Å²) >= 11 is 0. The van der Waals surface area contributed by atoms with Gasteiger partial charge < -0.3 is 4.90 Å². The van der Waals surface area contributed by atoms with Crippen LogP contribution in [0.3, 0.4) is 0 Å². The number of hydrogen-bond acceptors (Lipinski definition) is 4. The van der Waals surface area contributed by atoms with Crippen LogP contribution >= 0.6 is 0 Å². The summed E-state index contributed by atoms with van der Waals surface area (Å²) in [6.07, 6.45) is 3.34. The lowest BCUT2D eigenvalue weighted by atomic mass is 10.2. The molecule has 156 valence electrons. The molecule has 1 aliphatic rings. The van der Waals surface area contributed by atoms with Gasteiger partial charge in [0.05, 0.1) is 10.6 Å². The van der Waals surface area contributed by atoms with Crippen LogP contribution in [-0.2, 0) is 21.9 Å². The summed E-state index contributed by atoms with van der Waals surface area (Å²) in [6.45, 7) is 8.95.